The average Bonchev–Trinajstić information content (AvgIpc) is 2.71. The van der Waals surface area contributed by atoms with Crippen molar-refractivity contribution in [3.63, 3.8) is 0 Å². The fraction of sp³-hybridized carbons (Fsp3) is 0.458. The number of rotatable bonds is 9. The first kappa shape index (κ1) is 20.4. The summed E-state index contributed by atoms with van der Waals surface area (Å²) in [7, 11) is 0. The van der Waals surface area contributed by atoms with E-state index in [-0.39, 0.29) is 5.91 Å². The monoisotopic (exact) mass is 380 g/mol. The Kier molecular flexibility index (Phi) is 7.49. The van der Waals surface area contributed by atoms with Gasteiger partial charge in [0, 0.05) is 23.5 Å². The van der Waals surface area contributed by atoms with Gasteiger partial charge in [0.05, 0.1) is 13.1 Å². The molecule has 150 valence electrons. The Hall–Kier alpha value is -2.33. The van der Waals surface area contributed by atoms with Crippen LogP contribution in [0.3, 0.4) is 0 Å². The van der Waals surface area contributed by atoms with Crippen LogP contribution < -0.4 is 10.6 Å². The van der Waals surface area contributed by atoms with Crippen molar-refractivity contribution in [3.05, 3.63) is 60.2 Å². The molecule has 2 aromatic rings. The topological polar surface area (TPSA) is 41.1 Å². The van der Waals surface area contributed by atoms with E-state index in [0.29, 0.717) is 6.54 Å². The highest BCUT2D eigenvalue weighted by atomic mass is 16.2. The van der Waals surface area contributed by atoms with Gasteiger partial charge in [0.2, 0.25) is 0 Å². The van der Waals surface area contributed by atoms with Gasteiger partial charge in [0.1, 0.15) is 6.54 Å². The molecule has 0 aromatic heterocycles. The molecule has 1 amide bonds. The van der Waals surface area contributed by atoms with Crippen molar-refractivity contribution in [2.75, 3.05) is 36.8 Å². The van der Waals surface area contributed by atoms with E-state index in [0.717, 1.165) is 42.0 Å². The van der Waals surface area contributed by atoms with Crippen molar-refractivity contribution < 1.29 is 9.28 Å². The van der Waals surface area contributed by atoms with Gasteiger partial charge in [-0.05, 0) is 49.9 Å². The number of carbonyl (C=O) groups excluding carboxylic acids is 1. The van der Waals surface area contributed by atoms with Gasteiger partial charge in [-0.1, -0.05) is 43.7 Å². The third-order valence-electron chi connectivity index (χ3n) is 5.63. The van der Waals surface area contributed by atoms with Gasteiger partial charge in [-0.25, -0.2) is 0 Å². The van der Waals surface area contributed by atoms with Crippen molar-refractivity contribution in [1.82, 2.24) is 0 Å². The maximum absolute atomic E-state index is 12.8. The number of benzene rings is 2. The molecule has 1 aliphatic rings. The lowest BCUT2D eigenvalue weighted by molar-refractivity contribution is -0.937. The zero-order valence-electron chi connectivity index (χ0n) is 17.1. The molecule has 0 atom stereocenters. The number of hydrogen-bond acceptors (Lipinski definition) is 2. The average molecular weight is 381 g/mol. The van der Waals surface area contributed by atoms with Gasteiger partial charge in [-0.15, -0.1) is 0 Å². The van der Waals surface area contributed by atoms with Crippen LogP contribution in [0.5, 0.6) is 0 Å². The third-order valence-corrected chi connectivity index (χ3v) is 5.63. The second kappa shape index (κ2) is 10.3. The lowest BCUT2D eigenvalue weighted by Gasteiger charge is -2.41. The van der Waals surface area contributed by atoms with Crippen LogP contribution >= 0.6 is 0 Å². The van der Waals surface area contributed by atoms with Gasteiger partial charge in [0.15, 0.2) is 6.54 Å². The number of carbonyl (C=O) groups is 1. The Morgan fingerprint density at radius 2 is 1.61 bits per heavy atom. The second-order valence-electron chi connectivity index (χ2n) is 8.06. The smallest absolute Gasteiger partial charge is 0.279 e. The maximum atomic E-state index is 12.8. The number of likely N-dealkylation sites (tertiary alicyclic amines) is 1. The molecule has 0 unspecified atom stereocenters. The summed E-state index contributed by atoms with van der Waals surface area (Å²) in [6, 6.07) is 18.7. The lowest BCUT2D eigenvalue weighted by Crippen LogP contribution is -2.54. The summed E-state index contributed by atoms with van der Waals surface area (Å²) < 4.78 is 0.868. The Balaban J connectivity index is 1.59. The van der Waals surface area contributed by atoms with Crippen LogP contribution in [0.25, 0.3) is 0 Å². The number of amides is 1. The number of hydrogen-bond donors (Lipinski definition) is 2. The summed E-state index contributed by atoms with van der Waals surface area (Å²) in [6.45, 7) is 6.84. The van der Waals surface area contributed by atoms with Crippen molar-refractivity contribution in [3.8, 4) is 0 Å². The molecule has 1 aliphatic heterocycles. The first-order valence-corrected chi connectivity index (χ1v) is 10.7. The van der Waals surface area contributed by atoms with E-state index in [2.05, 4.69) is 47.9 Å². The standard InChI is InChI=1S/C24H33N3O/c1-2-3-16-25-22-12-14-23(15-13-22)26-24(28)20-27(17-8-5-9-18-27)19-21-10-6-4-7-11-21/h4,6-7,10-15,25H,2-3,5,8-9,16-20H2,1H3/p+1. The van der Waals surface area contributed by atoms with Crippen molar-refractivity contribution in [1.29, 1.82) is 0 Å². The van der Waals surface area contributed by atoms with Crippen molar-refractivity contribution in [2.45, 2.75) is 45.6 Å². The van der Waals surface area contributed by atoms with Crippen LogP contribution in [-0.4, -0.2) is 36.6 Å². The van der Waals surface area contributed by atoms with Gasteiger partial charge in [0.25, 0.3) is 5.91 Å². The molecule has 2 N–H and O–H groups in total. The molecule has 3 rings (SSSR count). The summed E-state index contributed by atoms with van der Waals surface area (Å²) in [4.78, 5) is 12.8. The first-order valence-electron chi connectivity index (χ1n) is 10.7. The van der Waals surface area contributed by atoms with E-state index in [1.165, 1.54) is 37.7 Å². The van der Waals surface area contributed by atoms with Crippen LogP contribution in [0.1, 0.15) is 44.6 Å². The molecule has 1 fully saturated rings. The highest BCUT2D eigenvalue weighted by Gasteiger charge is 2.32. The van der Waals surface area contributed by atoms with Gasteiger partial charge < -0.3 is 15.1 Å². The van der Waals surface area contributed by atoms with Crippen LogP contribution in [-0.2, 0) is 11.3 Å². The quantitative estimate of drug-likeness (QED) is 0.473. The lowest BCUT2D eigenvalue weighted by atomic mass is 10.0. The zero-order valence-corrected chi connectivity index (χ0v) is 17.1. The fourth-order valence-corrected chi connectivity index (χ4v) is 4.11. The molecule has 0 bridgehead atoms. The summed E-state index contributed by atoms with van der Waals surface area (Å²) in [5, 5.41) is 6.52. The van der Waals surface area contributed by atoms with Crippen molar-refractivity contribution >= 4 is 17.3 Å². The van der Waals surface area contributed by atoms with E-state index in [1.54, 1.807) is 0 Å². The highest BCUT2D eigenvalue weighted by molar-refractivity contribution is 5.91. The minimum atomic E-state index is 0.115. The summed E-state index contributed by atoms with van der Waals surface area (Å²) in [5.74, 6) is 0.115. The third kappa shape index (κ3) is 6.10. The second-order valence-corrected chi connectivity index (χ2v) is 8.06. The van der Waals surface area contributed by atoms with Crippen LogP contribution in [0.2, 0.25) is 0 Å². The summed E-state index contributed by atoms with van der Waals surface area (Å²) in [6.07, 6.45) is 6.05. The first-order chi connectivity index (χ1) is 13.7. The molecular formula is C24H34N3O+. The normalized spacial score (nSPS) is 15.8. The van der Waals surface area contributed by atoms with Crippen LogP contribution in [0, 0.1) is 0 Å². The minimum Gasteiger partial charge on any atom is -0.385 e. The number of nitrogens with zero attached hydrogens (tertiary/aromatic N) is 1. The Morgan fingerprint density at radius 1 is 0.929 bits per heavy atom. The van der Waals surface area contributed by atoms with Gasteiger partial charge in [-0.2, -0.15) is 0 Å². The largest absolute Gasteiger partial charge is 0.385 e. The van der Waals surface area contributed by atoms with E-state index in [4.69, 9.17) is 0 Å². The van der Waals surface area contributed by atoms with Crippen LogP contribution in [0.4, 0.5) is 11.4 Å². The molecule has 1 saturated heterocycles. The zero-order chi connectivity index (χ0) is 19.7. The molecule has 4 nitrogen and oxygen atoms in total. The SMILES string of the molecule is CCCCNc1ccc(NC(=O)C[N+]2(Cc3ccccc3)CCCCC2)cc1. The highest BCUT2D eigenvalue weighted by Crippen LogP contribution is 2.23. The molecular weight excluding hydrogens is 346 g/mol. The molecule has 0 radical (unpaired) electrons. The maximum Gasteiger partial charge on any atom is 0.279 e. The van der Waals surface area contributed by atoms with Crippen LogP contribution in [0.15, 0.2) is 54.6 Å². The molecule has 0 aliphatic carbocycles. The molecule has 0 saturated carbocycles. The van der Waals surface area contributed by atoms with Gasteiger partial charge in [-0.3, -0.25) is 4.79 Å². The molecule has 4 heteroatoms. The van der Waals surface area contributed by atoms with E-state index in [9.17, 15) is 4.79 Å². The number of piperidine rings is 1. The Labute approximate surface area is 169 Å². The fourth-order valence-electron chi connectivity index (χ4n) is 4.11. The Bertz CT molecular complexity index is 721. The summed E-state index contributed by atoms with van der Waals surface area (Å²) in [5.41, 5.74) is 3.30. The molecule has 0 spiro atoms. The van der Waals surface area contributed by atoms with E-state index in [1.807, 2.05) is 24.3 Å². The predicted octanol–water partition coefficient (Wildman–Crippen LogP) is 5.04. The Morgan fingerprint density at radius 3 is 2.29 bits per heavy atom. The molecule has 1 heterocycles. The van der Waals surface area contributed by atoms with E-state index < -0.39 is 0 Å². The minimum absolute atomic E-state index is 0.115. The molecule has 2 aromatic carbocycles. The predicted molar refractivity (Wildman–Crippen MR) is 117 cm³/mol. The summed E-state index contributed by atoms with van der Waals surface area (Å²) >= 11 is 0. The van der Waals surface area contributed by atoms with Gasteiger partial charge >= 0.3 is 0 Å². The molecule has 28 heavy (non-hydrogen) atoms. The number of quaternary nitrogens is 1. The van der Waals surface area contributed by atoms with Crippen molar-refractivity contribution in [2.24, 2.45) is 0 Å². The van der Waals surface area contributed by atoms with E-state index >= 15 is 0 Å². The number of nitrogens with one attached hydrogen (secondary N) is 2. The number of anilines is 2. The number of unbranched alkanes of at least 4 members (excludes halogenated alkanes) is 1.